The number of anilines is 1. The van der Waals surface area contributed by atoms with Crippen LogP contribution in [-0.2, 0) is 4.74 Å². The summed E-state index contributed by atoms with van der Waals surface area (Å²) in [6.45, 7) is 0. The van der Waals surface area contributed by atoms with Crippen LogP contribution in [0.25, 0.3) is 0 Å². The Bertz CT molecular complexity index is 1250. The normalized spacial score (nSPS) is 11.1. The van der Waals surface area contributed by atoms with Crippen LogP contribution in [0, 0.1) is 15.9 Å². The van der Waals surface area contributed by atoms with Crippen LogP contribution >= 0.6 is 34.8 Å². The maximum absolute atomic E-state index is 13.9. The van der Waals surface area contributed by atoms with Crippen LogP contribution < -0.4 is 10.1 Å². The van der Waals surface area contributed by atoms with Gasteiger partial charge in [-0.2, -0.15) is 4.99 Å². The fourth-order valence-electron chi connectivity index (χ4n) is 2.64. The molecule has 0 heterocycles. The number of carbonyl (C=O) groups excluding carboxylic acids is 1. The Hall–Kier alpha value is -3.40. The van der Waals surface area contributed by atoms with Crippen molar-refractivity contribution in [1.29, 1.82) is 0 Å². The Morgan fingerprint density at radius 3 is 2.30 bits per heavy atom. The fourth-order valence-corrected chi connectivity index (χ4v) is 3.44. The first-order chi connectivity index (χ1) is 15.7. The summed E-state index contributed by atoms with van der Waals surface area (Å²) in [6.07, 6.45) is 0. The number of halogens is 4. The molecule has 0 fully saturated rings. The molecule has 0 aliphatic heterocycles. The number of aliphatic imine (C=N–C) groups is 1. The van der Waals surface area contributed by atoms with Crippen LogP contribution in [0.15, 0.2) is 59.6 Å². The van der Waals surface area contributed by atoms with E-state index < -0.39 is 16.8 Å². The van der Waals surface area contributed by atoms with Gasteiger partial charge in [0.1, 0.15) is 16.6 Å². The van der Waals surface area contributed by atoms with Crippen molar-refractivity contribution in [2.24, 2.45) is 4.99 Å². The van der Waals surface area contributed by atoms with Crippen molar-refractivity contribution in [2.45, 2.75) is 0 Å². The summed E-state index contributed by atoms with van der Waals surface area (Å²) in [7, 11) is 1.25. The van der Waals surface area contributed by atoms with E-state index in [1.807, 2.05) is 0 Å². The van der Waals surface area contributed by atoms with E-state index in [0.717, 1.165) is 0 Å². The Balaban J connectivity index is 1.80. The lowest BCUT2D eigenvalue weighted by atomic mass is 10.2. The van der Waals surface area contributed by atoms with Gasteiger partial charge in [-0.1, -0.05) is 46.9 Å². The monoisotopic (exact) mass is 511 g/mol. The number of nitro groups is 1. The first kappa shape index (κ1) is 24.2. The number of nitrogens with zero attached hydrogens (tertiary/aromatic N) is 2. The predicted octanol–water partition coefficient (Wildman–Crippen LogP) is 7.11. The van der Waals surface area contributed by atoms with Gasteiger partial charge in [0.05, 0.1) is 27.6 Å². The molecule has 0 aromatic heterocycles. The van der Waals surface area contributed by atoms with Gasteiger partial charge >= 0.3 is 6.03 Å². The molecule has 12 heteroatoms. The van der Waals surface area contributed by atoms with Crippen molar-refractivity contribution in [3.8, 4) is 11.5 Å². The fraction of sp³-hybridized carbons (Fsp3) is 0.0476. The van der Waals surface area contributed by atoms with Crippen molar-refractivity contribution >= 4 is 58.1 Å². The Morgan fingerprint density at radius 2 is 1.73 bits per heavy atom. The maximum atomic E-state index is 13.9. The van der Waals surface area contributed by atoms with Gasteiger partial charge in [-0.15, -0.1) is 0 Å². The second-order valence-electron chi connectivity index (χ2n) is 6.27. The number of carbonyl (C=O) groups is 1. The molecular weight excluding hydrogens is 500 g/mol. The second kappa shape index (κ2) is 10.5. The minimum Gasteiger partial charge on any atom is -0.480 e. The van der Waals surface area contributed by atoms with Crippen LogP contribution in [0.3, 0.4) is 0 Å². The molecular formula is C21H13Cl3FN3O5. The third-order valence-electron chi connectivity index (χ3n) is 4.09. The second-order valence-corrected chi connectivity index (χ2v) is 7.49. The van der Waals surface area contributed by atoms with Gasteiger partial charge in [-0.3, -0.25) is 10.1 Å². The maximum Gasteiger partial charge on any atom is 0.348 e. The summed E-state index contributed by atoms with van der Waals surface area (Å²) in [5.74, 6) is -0.637. The van der Waals surface area contributed by atoms with Crippen molar-refractivity contribution < 1.29 is 23.6 Å². The Kier molecular flexibility index (Phi) is 7.70. The Morgan fingerprint density at radius 1 is 1.06 bits per heavy atom. The summed E-state index contributed by atoms with van der Waals surface area (Å²) >= 11 is 18.3. The zero-order chi connectivity index (χ0) is 24.1. The number of hydrogen-bond acceptors (Lipinski definition) is 5. The molecule has 8 nitrogen and oxygen atoms in total. The molecule has 0 aliphatic carbocycles. The highest BCUT2D eigenvalue weighted by molar-refractivity contribution is 6.37. The van der Waals surface area contributed by atoms with Crippen molar-refractivity contribution in [3.05, 3.63) is 91.2 Å². The Labute approximate surface area is 201 Å². The highest BCUT2D eigenvalue weighted by Gasteiger charge is 2.17. The first-order valence-corrected chi connectivity index (χ1v) is 10.1. The standard InChI is InChI=1S/C21H13Cl3FN3O5/c1-32-20(13-4-2-3-5-17(13)25)27-21(29)26-11-8-15(23)19(16(24)9-11)33-12-6-7-18(28(30)31)14(22)10-12/h2-10H,1H3,(H,26,29)/b27-20-. The van der Waals surface area contributed by atoms with Crippen molar-refractivity contribution in [3.63, 3.8) is 0 Å². The number of methoxy groups -OCH3 is 1. The van der Waals surface area contributed by atoms with Gasteiger partial charge in [0.2, 0.25) is 5.90 Å². The van der Waals surface area contributed by atoms with E-state index >= 15 is 0 Å². The number of nitrogens with one attached hydrogen (secondary N) is 1. The number of hydrogen-bond donors (Lipinski definition) is 1. The lowest BCUT2D eigenvalue weighted by molar-refractivity contribution is -0.384. The van der Waals surface area contributed by atoms with E-state index in [4.69, 9.17) is 44.3 Å². The summed E-state index contributed by atoms with van der Waals surface area (Å²) in [6, 6.07) is 11.3. The first-order valence-electron chi connectivity index (χ1n) is 8.99. The number of nitro benzene ring substituents is 1. The molecule has 33 heavy (non-hydrogen) atoms. The van der Waals surface area contributed by atoms with Crippen LogP contribution in [0.1, 0.15) is 5.56 Å². The smallest absolute Gasteiger partial charge is 0.348 e. The van der Waals surface area contributed by atoms with Gasteiger partial charge in [0.25, 0.3) is 5.69 Å². The van der Waals surface area contributed by atoms with Crippen LogP contribution in [-0.4, -0.2) is 24.0 Å². The summed E-state index contributed by atoms with van der Waals surface area (Å²) in [5.41, 5.74) is -0.0980. The molecule has 2 amide bonds. The van der Waals surface area contributed by atoms with Gasteiger partial charge in [-0.05, 0) is 30.3 Å². The lowest BCUT2D eigenvalue weighted by Crippen LogP contribution is -2.14. The third-order valence-corrected chi connectivity index (χ3v) is 4.95. The lowest BCUT2D eigenvalue weighted by Gasteiger charge is -2.12. The van der Waals surface area contributed by atoms with Gasteiger partial charge in [-0.25, -0.2) is 9.18 Å². The quantitative estimate of drug-likeness (QED) is 0.170. The topological polar surface area (TPSA) is 103 Å². The van der Waals surface area contributed by atoms with E-state index in [0.29, 0.717) is 0 Å². The summed E-state index contributed by atoms with van der Waals surface area (Å²) < 4.78 is 24.5. The number of rotatable bonds is 5. The van der Waals surface area contributed by atoms with E-state index in [1.165, 1.54) is 55.6 Å². The molecule has 3 aromatic rings. The highest BCUT2D eigenvalue weighted by atomic mass is 35.5. The van der Waals surface area contributed by atoms with Crippen LogP contribution in [0.4, 0.5) is 20.6 Å². The minimum atomic E-state index is -0.863. The molecule has 0 radical (unpaired) electrons. The van der Waals surface area contributed by atoms with Crippen molar-refractivity contribution in [1.82, 2.24) is 0 Å². The SMILES string of the molecule is CO/C(=N\C(=O)Nc1cc(Cl)c(Oc2ccc([N+](=O)[O-])c(Cl)c2)c(Cl)c1)c1ccccc1F. The number of amides is 2. The number of ether oxygens (including phenoxy) is 2. The van der Waals surface area contributed by atoms with Crippen molar-refractivity contribution in [2.75, 3.05) is 12.4 Å². The molecule has 0 aliphatic rings. The molecule has 0 atom stereocenters. The average molecular weight is 513 g/mol. The van der Waals surface area contributed by atoms with Gasteiger partial charge in [0, 0.05) is 17.8 Å². The van der Waals surface area contributed by atoms with Gasteiger partial charge < -0.3 is 14.8 Å². The van der Waals surface area contributed by atoms with Crippen LogP contribution in [0.5, 0.6) is 11.5 Å². The molecule has 170 valence electrons. The van der Waals surface area contributed by atoms with E-state index in [1.54, 1.807) is 6.07 Å². The van der Waals surface area contributed by atoms with Crippen LogP contribution in [0.2, 0.25) is 15.1 Å². The molecule has 0 unspecified atom stereocenters. The predicted molar refractivity (Wildman–Crippen MR) is 124 cm³/mol. The van der Waals surface area contributed by atoms with E-state index in [9.17, 15) is 19.3 Å². The highest BCUT2D eigenvalue weighted by Crippen LogP contribution is 2.40. The average Bonchev–Trinajstić information content (AvgIpc) is 2.75. The molecule has 1 N–H and O–H groups in total. The third kappa shape index (κ3) is 5.89. The summed E-state index contributed by atoms with van der Waals surface area (Å²) in [5, 5.41) is 13.2. The van der Waals surface area contributed by atoms with E-state index in [-0.39, 0.29) is 49.4 Å². The number of urea groups is 1. The zero-order valence-corrected chi connectivity index (χ0v) is 18.9. The molecule has 0 spiro atoms. The van der Waals surface area contributed by atoms with E-state index in [2.05, 4.69) is 10.3 Å². The number of benzene rings is 3. The molecule has 3 aromatic carbocycles. The molecule has 0 bridgehead atoms. The molecule has 0 saturated carbocycles. The largest absolute Gasteiger partial charge is 0.480 e. The summed E-state index contributed by atoms with van der Waals surface area (Å²) in [4.78, 5) is 26.3. The molecule has 0 saturated heterocycles. The minimum absolute atomic E-state index is 0.0109. The van der Waals surface area contributed by atoms with Gasteiger partial charge in [0.15, 0.2) is 5.75 Å². The molecule has 3 rings (SSSR count). The zero-order valence-electron chi connectivity index (χ0n) is 16.6.